The highest BCUT2D eigenvalue weighted by molar-refractivity contribution is 5.66. The Bertz CT molecular complexity index is 510. The molecule has 0 amide bonds. The third-order valence-corrected chi connectivity index (χ3v) is 4.06. The van der Waals surface area contributed by atoms with E-state index < -0.39 is 0 Å². The summed E-state index contributed by atoms with van der Waals surface area (Å²) in [6, 6.07) is 4.16. The van der Waals surface area contributed by atoms with Crippen LogP contribution in [0.3, 0.4) is 0 Å². The summed E-state index contributed by atoms with van der Waals surface area (Å²) < 4.78 is 11.7. The largest absolute Gasteiger partial charge is 0.493 e. The third kappa shape index (κ3) is 3.79. The zero-order valence-corrected chi connectivity index (χ0v) is 13.8. The molecule has 2 rings (SSSR count). The third-order valence-electron chi connectivity index (χ3n) is 4.06. The number of fused-ring (bicyclic) bond motifs is 1. The number of allylic oxidation sites excluding steroid dienone is 1. The zero-order valence-electron chi connectivity index (χ0n) is 13.8. The van der Waals surface area contributed by atoms with Crippen LogP contribution in [-0.2, 0) is 6.54 Å². The second-order valence-corrected chi connectivity index (χ2v) is 6.00. The van der Waals surface area contributed by atoms with Crippen LogP contribution < -0.4 is 9.47 Å². The first-order valence-electron chi connectivity index (χ1n) is 7.78. The van der Waals surface area contributed by atoms with Gasteiger partial charge >= 0.3 is 0 Å². The van der Waals surface area contributed by atoms with Crippen LogP contribution in [0.15, 0.2) is 18.2 Å². The van der Waals surface area contributed by atoms with Crippen LogP contribution in [0.2, 0.25) is 0 Å². The fraction of sp³-hybridized carbons (Fsp3) is 0.556. The monoisotopic (exact) mass is 289 g/mol. The first-order chi connectivity index (χ1) is 10.0. The molecule has 2 atom stereocenters. The van der Waals surface area contributed by atoms with Gasteiger partial charge in [0, 0.05) is 12.1 Å². The number of hydrogen-bond donors (Lipinski definition) is 0. The highest BCUT2D eigenvalue weighted by atomic mass is 16.5. The van der Waals surface area contributed by atoms with Crippen LogP contribution in [-0.4, -0.2) is 31.7 Å². The minimum absolute atomic E-state index is 0.191. The van der Waals surface area contributed by atoms with Crippen LogP contribution in [0.1, 0.15) is 38.3 Å². The van der Waals surface area contributed by atoms with Crippen molar-refractivity contribution in [3.05, 3.63) is 29.3 Å². The quantitative estimate of drug-likeness (QED) is 0.837. The molecule has 1 heterocycles. The van der Waals surface area contributed by atoms with Gasteiger partial charge in [0.2, 0.25) is 0 Å². The molecule has 21 heavy (non-hydrogen) atoms. The number of hydrogen-bond acceptors (Lipinski definition) is 3. The second-order valence-electron chi connectivity index (χ2n) is 6.00. The Morgan fingerprint density at radius 3 is 2.76 bits per heavy atom. The lowest BCUT2D eigenvalue weighted by Crippen LogP contribution is -2.20. The number of rotatable bonds is 4. The lowest BCUT2D eigenvalue weighted by molar-refractivity contribution is 0.188. The molecule has 0 saturated carbocycles. The fourth-order valence-corrected chi connectivity index (χ4v) is 2.74. The van der Waals surface area contributed by atoms with Crippen molar-refractivity contribution in [2.75, 3.05) is 20.7 Å². The molecular formula is C18H27NO2. The van der Waals surface area contributed by atoms with Crippen molar-refractivity contribution in [3.63, 3.8) is 0 Å². The number of methoxy groups -OCH3 is 1. The maximum absolute atomic E-state index is 6.19. The summed E-state index contributed by atoms with van der Waals surface area (Å²) in [6.45, 7) is 8.48. The van der Waals surface area contributed by atoms with Gasteiger partial charge in [-0.05, 0) is 44.5 Å². The standard InChI is InChI=1S/C18H27NO2/c1-6-19(4)12-15-8-10-17(20-5)18-16(15)9-7-13(2)11-14(3)21-18/h7-10,13-14H,6,11-12H2,1-5H3/b9-7-. The van der Waals surface area contributed by atoms with Crippen molar-refractivity contribution in [1.82, 2.24) is 4.90 Å². The Morgan fingerprint density at radius 1 is 1.33 bits per heavy atom. The Morgan fingerprint density at radius 2 is 2.10 bits per heavy atom. The van der Waals surface area contributed by atoms with Crippen molar-refractivity contribution in [2.24, 2.45) is 5.92 Å². The van der Waals surface area contributed by atoms with Gasteiger partial charge in [-0.1, -0.05) is 32.1 Å². The Labute approximate surface area is 128 Å². The average Bonchev–Trinajstić information content (AvgIpc) is 2.44. The molecule has 0 N–H and O–H groups in total. The molecule has 0 fully saturated rings. The molecule has 0 aliphatic carbocycles. The van der Waals surface area contributed by atoms with Crippen molar-refractivity contribution in [3.8, 4) is 11.5 Å². The van der Waals surface area contributed by atoms with Crippen molar-refractivity contribution >= 4 is 6.08 Å². The van der Waals surface area contributed by atoms with Gasteiger partial charge in [-0.2, -0.15) is 0 Å². The molecule has 2 unspecified atom stereocenters. The summed E-state index contributed by atoms with van der Waals surface area (Å²) in [5, 5.41) is 0. The first kappa shape index (κ1) is 15.9. The minimum Gasteiger partial charge on any atom is -0.493 e. The smallest absolute Gasteiger partial charge is 0.169 e. The van der Waals surface area contributed by atoms with Gasteiger partial charge in [0.1, 0.15) is 0 Å². The van der Waals surface area contributed by atoms with Gasteiger partial charge in [0.05, 0.1) is 13.2 Å². The van der Waals surface area contributed by atoms with E-state index in [0.717, 1.165) is 36.6 Å². The van der Waals surface area contributed by atoms with Gasteiger partial charge in [0.25, 0.3) is 0 Å². The zero-order chi connectivity index (χ0) is 15.4. The van der Waals surface area contributed by atoms with Gasteiger partial charge in [-0.3, -0.25) is 0 Å². The Hall–Kier alpha value is -1.48. The van der Waals surface area contributed by atoms with Crippen molar-refractivity contribution in [2.45, 2.75) is 39.8 Å². The van der Waals surface area contributed by atoms with E-state index in [1.54, 1.807) is 7.11 Å². The highest BCUT2D eigenvalue weighted by Gasteiger charge is 2.20. The van der Waals surface area contributed by atoms with E-state index in [-0.39, 0.29) is 6.10 Å². The van der Waals surface area contributed by atoms with E-state index in [0.29, 0.717) is 5.92 Å². The summed E-state index contributed by atoms with van der Waals surface area (Å²) in [5.41, 5.74) is 2.45. The van der Waals surface area contributed by atoms with Crippen molar-refractivity contribution in [1.29, 1.82) is 0 Å². The van der Waals surface area contributed by atoms with Crippen LogP contribution in [0.25, 0.3) is 6.08 Å². The van der Waals surface area contributed by atoms with E-state index in [4.69, 9.17) is 9.47 Å². The molecular weight excluding hydrogens is 262 g/mol. The fourth-order valence-electron chi connectivity index (χ4n) is 2.74. The molecule has 0 saturated heterocycles. The predicted molar refractivity (Wildman–Crippen MR) is 87.9 cm³/mol. The van der Waals surface area contributed by atoms with Gasteiger partial charge < -0.3 is 14.4 Å². The molecule has 1 aromatic rings. The molecule has 1 aliphatic rings. The van der Waals surface area contributed by atoms with Gasteiger partial charge in [0.15, 0.2) is 11.5 Å². The normalized spacial score (nSPS) is 23.0. The van der Waals surface area contributed by atoms with Crippen LogP contribution in [0, 0.1) is 5.92 Å². The molecule has 1 aromatic carbocycles. The van der Waals surface area contributed by atoms with E-state index >= 15 is 0 Å². The Balaban J connectivity index is 2.48. The maximum atomic E-state index is 6.19. The summed E-state index contributed by atoms with van der Waals surface area (Å²) in [5.74, 6) is 2.23. The second kappa shape index (κ2) is 6.99. The molecule has 0 spiro atoms. The summed E-state index contributed by atoms with van der Waals surface area (Å²) in [6.07, 6.45) is 5.70. The van der Waals surface area contributed by atoms with E-state index in [9.17, 15) is 0 Å². The van der Waals surface area contributed by atoms with Crippen LogP contribution in [0.5, 0.6) is 11.5 Å². The van der Waals surface area contributed by atoms with E-state index in [1.807, 2.05) is 6.07 Å². The topological polar surface area (TPSA) is 21.7 Å². The lowest BCUT2D eigenvalue weighted by Gasteiger charge is -2.25. The minimum atomic E-state index is 0.191. The molecule has 1 aliphatic heterocycles. The highest BCUT2D eigenvalue weighted by Crippen LogP contribution is 2.38. The van der Waals surface area contributed by atoms with Crippen molar-refractivity contribution < 1.29 is 9.47 Å². The molecule has 0 radical (unpaired) electrons. The molecule has 116 valence electrons. The van der Waals surface area contributed by atoms with Crippen LogP contribution in [0.4, 0.5) is 0 Å². The SMILES string of the molecule is CCN(C)Cc1ccc(OC)c2c1/C=C\C(C)CC(C)O2. The first-order valence-corrected chi connectivity index (χ1v) is 7.78. The van der Waals surface area contributed by atoms with Crippen LogP contribution >= 0.6 is 0 Å². The molecule has 0 bridgehead atoms. The van der Waals surface area contributed by atoms with Gasteiger partial charge in [-0.15, -0.1) is 0 Å². The maximum Gasteiger partial charge on any atom is 0.169 e. The lowest BCUT2D eigenvalue weighted by atomic mass is 9.97. The number of benzene rings is 1. The number of nitrogens with zero attached hydrogens (tertiary/aromatic N) is 1. The summed E-state index contributed by atoms with van der Waals surface area (Å²) >= 11 is 0. The van der Waals surface area contributed by atoms with E-state index in [1.165, 1.54) is 5.56 Å². The molecule has 0 aromatic heterocycles. The molecule has 3 nitrogen and oxygen atoms in total. The predicted octanol–water partition coefficient (Wildman–Crippen LogP) is 3.97. The molecule has 3 heteroatoms. The summed E-state index contributed by atoms with van der Waals surface area (Å²) in [7, 11) is 3.84. The summed E-state index contributed by atoms with van der Waals surface area (Å²) in [4.78, 5) is 2.29. The van der Waals surface area contributed by atoms with Gasteiger partial charge in [-0.25, -0.2) is 0 Å². The number of ether oxygens (including phenoxy) is 2. The van der Waals surface area contributed by atoms with E-state index in [2.05, 4.69) is 50.9 Å². The Kier molecular flexibility index (Phi) is 5.29. The average molecular weight is 289 g/mol.